The van der Waals surface area contributed by atoms with E-state index in [1.807, 2.05) is 20.8 Å². The van der Waals surface area contributed by atoms with E-state index in [1.165, 1.54) is 3.97 Å². The number of aromatic nitrogens is 1. The molecule has 0 amide bonds. The van der Waals surface area contributed by atoms with Crippen LogP contribution in [0.1, 0.15) is 19.4 Å². The van der Waals surface area contributed by atoms with Crippen LogP contribution in [-0.2, 0) is 10.0 Å². The lowest BCUT2D eigenvalue weighted by molar-refractivity contribution is 0.231. The maximum absolute atomic E-state index is 13.2. The molecule has 0 saturated heterocycles. The van der Waals surface area contributed by atoms with Gasteiger partial charge in [-0.15, -0.1) is 0 Å². The average Bonchev–Trinajstić information content (AvgIpc) is 2.91. The molecule has 0 unspecified atom stereocenters. The molecular formula is C19H21NO4S. The molecule has 0 aliphatic heterocycles. The molecule has 3 rings (SSSR count). The second-order valence-corrected chi connectivity index (χ2v) is 7.94. The summed E-state index contributed by atoms with van der Waals surface area (Å²) in [5, 5.41) is 0.741. The van der Waals surface area contributed by atoms with Gasteiger partial charge in [0.1, 0.15) is 5.75 Å². The summed E-state index contributed by atoms with van der Waals surface area (Å²) in [6, 6.07) is 13.8. The van der Waals surface area contributed by atoms with E-state index >= 15 is 0 Å². The number of nitrogens with zero attached hydrogens (tertiary/aromatic N) is 1. The van der Waals surface area contributed by atoms with Crippen molar-refractivity contribution in [2.75, 3.05) is 7.11 Å². The molecule has 1 heterocycles. The Morgan fingerprint density at radius 2 is 1.68 bits per heavy atom. The number of aryl methyl sites for hydroxylation is 1. The maximum Gasteiger partial charge on any atom is 0.271 e. The Bertz CT molecular complexity index is 1000. The van der Waals surface area contributed by atoms with E-state index in [4.69, 9.17) is 9.47 Å². The molecule has 25 heavy (non-hydrogen) atoms. The zero-order valence-electron chi connectivity index (χ0n) is 14.7. The monoisotopic (exact) mass is 359 g/mol. The Morgan fingerprint density at radius 1 is 1.00 bits per heavy atom. The molecule has 6 heteroatoms. The van der Waals surface area contributed by atoms with E-state index in [-0.39, 0.29) is 11.0 Å². The second-order valence-electron chi connectivity index (χ2n) is 6.16. The molecule has 0 atom stereocenters. The minimum atomic E-state index is -3.78. The number of fused-ring (bicyclic) bond motifs is 1. The number of rotatable bonds is 5. The average molecular weight is 359 g/mol. The lowest BCUT2D eigenvalue weighted by atomic mass is 10.2. The number of hydrogen-bond donors (Lipinski definition) is 0. The van der Waals surface area contributed by atoms with E-state index in [0.717, 1.165) is 10.9 Å². The fourth-order valence-corrected chi connectivity index (χ4v) is 4.11. The Labute approximate surface area is 147 Å². The predicted molar refractivity (Wildman–Crippen MR) is 98.0 cm³/mol. The summed E-state index contributed by atoms with van der Waals surface area (Å²) < 4.78 is 38.7. The zero-order valence-corrected chi connectivity index (χ0v) is 15.5. The van der Waals surface area contributed by atoms with E-state index < -0.39 is 10.0 Å². The highest BCUT2D eigenvalue weighted by atomic mass is 32.2. The van der Waals surface area contributed by atoms with Gasteiger partial charge in [-0.25, -0.2) is 12.4 Å². The lowest BCUT2D eigenvalue weighted by Crippen LogP contribution is -2.17. The van der Waals surface area contributed by atoms with Crippen molar-refractivity contribution in [2.24, 2.45) is 0 Å². The first-order valence-corrected chi connectivity index (χ1v) is 9.45. The van der Waals surface area contributed by atoms with Crippen molar-refractivity contribution >= 4 is 20.9 Å². The van der Waals surface area contributed by atoms with Crippen LogP contribution in [0.2, 0.25) is 0 Å². The topological polar surface area (TPSA) is 57.5 Å². The Morgan fingerprint density at radius 3 is 2.28 bits per heavy atom. The second kappa shape index (κ2) is 6.44. The van der Waals surface area contributed by atoms with Crippen molar-refractivity contribution in [3.63, 3.8) is 0 Å². The van der Waals surface area contributed by atoms with Crippen LogP contribution in [0.25, 0.3) is 10.9 Å². The molecule has 0 radical (unpaired) electrons. The summed E-state index contributed by atoms with van der Waals surface area (Å²) in [5.74, 6) is 0.951. The maximum atomic E-state index is 13.2. The summed E-state index contributed by atoms with van der Waals surface area (Å²) >= 11 is 0. The fraction of sp³-hybridized carbons (Fsp3) is 0.263. The van der Waals surface area contributed by atoms with Gasteiger partial charge in [0.05, 0.1) is 23.6 Å². The SMILES string of the molecule is COc1ccc2c(c1)cc(OC(C)C)n2S(=O)(=O)c1ccc(C)cc1. The van der Waals surface area contributed by atoms with E-state index in [1.54, 1.807) is 55.6 Å². The highest BCUT2D eigenvalue weighted by Gasteiger charge is 2.24. The third kappa shape index (κ3) is 3.22. The standard InChI is InChI=1S/C19H21NO4S/c1-13(2)24-19-12-15-11-16(23-4)7-10-18(15)20(19)25(21,22)17-8-5-14(3)6-9-17/h5-13H,1-4H3. The molecule has 0 fully saturated rings. The van der Waals surface area contributed by atoms with Gasteiger partial charge in [-0.05, 0) is 51.1 Å². The van der Waals surface area contributed by atoms with Gasteiger partial charge in [0.25, 0.3) is 10.0 Å². The lowest BCUT2D eigenvalue weighted by Gasteiger charge is -2.14. The van der Waals surface area contributed by atoms with Gasteiger partial charge in [-0.1, -0.05) is 17.7 Å². The highest BCUT2D eigenvalue weighted by molar-refractivity contribution is 7.90. The normalized spacial score (nSPS) is 11.9. The van der Waals surface area contributed by atoms with Crippen molar-refractivity contribution in [1.82, 2.24) is 3.97 Å². The molecule has 5 nitrogen and oxygen atoms in total. The Hall–Kier alpha value is -2.47. The van der Waals surface area contributed by atoms with Gasteiger partial charge in [0.2, 0.25) is 5.88 Å². The molecule has 3 aromatic rings. The van der Waals surface area contributed by atoms with E-state index in [9.17, 15) is 8.42 Å². The molecule has 0 N–H and O–H groups in total. The Kier molecular flexibility index (Phi) is 4.47. The number of hydrogen-bond acceptors (Lipinski definition) is 4. The van der Waals surface area contributed by atoms with E-state index in [0.29, 0.717) is 17.1 Å². The third-order valence-corrected chi connectivity index (χ3v) is 5.57. The Balaban J connectivity index is 2.26. The van der Waals surface area contributed by atoms with Crippen LogP contribution in [0.5, 0.6) is 11.6 Å². The first-order chi connectivity index (χ1) is 11.8. The van der Waals surface area contributed by atoms with Crippen molar-refractivity contribution in [3.8, 4) is 11.6 Å². The molecule has 0 saturated carbocycles. The van der Waals surface area contributed by atoms with Crippen LogP contribution in [-0.4, -0.2) is 25.6 Å². The molecule has 132 valence electrons. The van der Waals surface area contributed by atoms with Crippen LogP contribution in [0.3, 0.4) is 0 Å². The molecular weight excluding hydrogens is 338 g/mol. The smallest absolute Gasteiger partial charge is 0.271 e. The van der Waals surface area contributed by atoms with Crippen LogP contribution in [0.4, 0.5) is 0 Å². The van der Waals surface area contributed by atoms with Crippen molar-refractivity contribution in [1.29, 1.82) is 0 Å². The first kappa shape index (κ1) is 17.4. The molecule has 0 spiro atoms. The third-order valence-electron chi connectivity index (χ3n) is 3.85. The van der Waals surface area contributed by atoms with Gasteiger partial charge in [0, 0.05) is 11.5 Å². The summed E-state index contributed by atoms with van der Waals surface area (Å²) in [6.07, 6.45) is -0.154. The van der Waals surface area contributed by atoms with Gasteiger partial charge < -0.3 is 9.47 Å². The van der Waals surface area contributed by atoms with Crippen LogP contribution < -0.4 is 9.47 Å². The van der Waals surface area contributed by atoms with Gasteiger partial charge >= 0.3 is 0 Å². The van der Waals surface area contributed by atoms with Crippen molar-refractivity contribution < 1.29 is 17.9 Å². The van der Waals surface area contributed by atoms with Gasteiger partial charge in [0.15, 0.2) is 0 Å². The zero-order chi connectivity index (χ0) is 18.2. The molecule has 0 aliphatic rings. The van der Waals surface area contributed by atoms with Crippen molar-refractivity contribution in [3.05, 3.63) is 54.1 Å². The minimum absolute atomic E-state index is 0.154. The largest absolute Gasteiger partial charge is 0.497 e. The molecule has 0 bridgehead atoms. The molecule has 0 aliphatic carbocycles. The predicted octanol–water partition coefficient (Wildman–Crippen LogP) is 3.98. The summed E-state index contributed by atoms with van der Waals surface area (Å²) in [4.78, 5) is 0.222. The number of methoxy groups -OCH3 is 1. The van der Waals surface area contributed by atoms with Gasteiger partial charge in [-0.2, -0.15) is 0 Å². The molecule has 2 aromatic carbocycles. The summed E-state index contributed by atoms with van der Waals surface area (Å²) in [6.45, 7) is 5.64. The number of benzene rings is 2. The van der Waals surface area contributed by atoms with Crippen molar-refractivity contribution in [2.45, 2.75) is 31.8 Å². The summed E-state index contributed by atoms with van der Waals surface area (Å²) in [7, 11) is -2.21. The van der Waals surface area contributed by atoms with Crippen LogP contribution >= 0.6 is 0 Å². The van der Waals surface area contributed by atoms with Gasteiger partial charge in [-0.3, -0.25) is 0 Å². The molecule has 1 aromatic heterocycles. The van der Waals surface area contributed by atoms with Crippen LogP contribution in [0, 0.1) is 6.92 Å². The van der Waals surface area contributed by atoms with Crippen LogP contribution in [0.15, 0.2) is 53.4 Å². The summed E-state index contributed by atoms with van der Waals surface area (Å²) in [5.41, 5.74) is 1.55. The fourth-order valence-electron chi connectivity index (χ4n) is 2.66. The van der Waals surface area contributed by atoms with E-state index in [2.05, 4.69) is 0 Å². The highest BCUT2D eigenvalue weighted by Crippen LogP contribution is 2.33. The first-order valence-electron chi connectivity index (χ1n) is 8.01. The minimum Gasteiger partial charge on any atom is -0.497 e. The number of ether oxygens (including phenoxy) is 2. The quantitative estimate of drug-likeness (QED) is 0.691.